The monoisotopic (exact) mass is 449 g/mol. The summed E-state index contributed by atoms with van der Waals surface area (Å²) in [6.45, 7) is 6.18. The van der Waals surface area contributed by atoms with E-state index in [9.17, 15) is 9.90 Å². The summed E-state index contributed by atoms with van der Waals surface area (Å²) in [5, 5.41) is 10.4. The van der Waals surface area contributed by atoms with Gasteiger partial charge in [-0.1, -0.05) is 74.5 Å². The topological polar surface area (TPSA) is 94.4 Å². The number of carbonyl (C=O) groups is 1. The molecule has 0 amide bonds. The highest BCUT2D eigenvalue weighted by molar-refractivity contribution is 5.76. The molecular formula is C26H31N3O4. The summed E-state index contributed by atoms with van der Waals surface area (Å²) in [7, 11) is 0. The number of carboxylic acids is 1. The van der Waals surface area contributed by atoms with Gasteiger partial charge in [0.15, 0.2) is 5.60 Å². The maximum Gasteiger partial charge on any atom is 0.348 e. The smallest absolute Gasteiger partial charge is 0.348 e. The first-order valence-corrected chi connectivity index (χ1v) is 11.4. The van der Waals surface area contributed by atoms with E-state index in [2.05, 4.69) is 15.0 Å². The van der Waals surface area contributed by atoms with Gasteiger partial charge in [0.05, 0.1) is 0 Å². The molecule has 0 aliphatic heterocycles. The lowest BCUT2D eigenvalue weighted by molar-refractivity contribution is -0.163. The Bertz CT molecular complexity index is 964. The summed E-state index contributed by atoms with van der Waals surface area (Å²) >= 11 is 0. The summed E-state index contributed by atoms with van der Waals surface area (Å²) in [6.07, 6.45) is 1.58. The Balaban J connectivity index is 2.18. The van der Waals surface area contributed by atoms with Gasteiger partial charge in [-0.05, 0) is 30.9 Å². The van der Waals surface area contributed by atoms with Crippen molar-refractivity contribution in [2.45, 2.75) is 58.2 Å². The maximum atomic E-state index is 12.7. The van der Waals surface area contributed by atoms with Crippen LogP contribution in [0.2, 0.25) is 0 Å². The molecule has 2 aromatic carbocycles. The Hall–Kier alpha value is -3.32. The Morgan fingerprint density at radius 3 is 1.73 bits per heavy atom. The molecule has 3 rings (SSSR count). The normalized spacial score (nSPS) is 12.3. The number of carboxylic acid groups (broad SMARTS) is 1. The van der Waals surface area contributed by atoms with Crippen molar-refractivity contribution >= 4 is 5.97 Å². The average Bonchev–Trinajstić information content (AvgIpc) is 2.83. The van der Waals surface area contributed by atoms with Crippen molar-refractivity contribution in [1.29, 1.82) is 0 Å². The van der Waals surface area contributed by atoms with Crippen LogP contribution in [0.4, 0.5) is 0 Å². The second-order valence-corrected chi connectivity index (χ2v) is 7.69. The minimum atomic E-state index is -1.44. The van der Waals surface area contributed by atoms with Gasteiger partial charge in [-0.2, -0.15) is 9.97 Å². The number of aryl methyl sites for hydroxylation is 2. The van der Waals surface area contributed by atoms with Gasteiger partial charge < -0.3 is 14.6 Å². The molecule has 1 atom stereocenters. The minimum Gasteiger partial charge on any atom is -0.478 e. The average molecular weight is 450 g/mol. The summed E-state index contributed by atoms with van der Waals surface area (Å²) in [6, 6.07) is 18.6. The van der Waals surface area contributed by atoms with Crippen LogP contribution in [0.1, 0.15) is 56.4 Å². The predicted molar refractivity (Wildman–Crippen MR) is 125 cm³/mol. The van der Waals surface area contributed by atoms with Crippen molar-refractivity contribution in [1.82, 2.24) is 15.0 Å². The van der Waals surface area contributed by atoms with Crippen LogP contribution in [0.15, 0.2) is 60.7 Å². The fraction of sp³-hybridized carbons (Fsp3) is 0.385. The lowest BCUT2D eigenvalue weighted by Gasteiger charge is -2.38. The Morgan fingerprint density at radius 1 is 0.848 bits per heavy atom. The molecule has 3 aromatic rings. The highest BCUT2D eigenvalue weighted by Gasteiger charge is 2.50. The van der Waals surface area contributed by atoms with Crippen molar-refractivity contribution in [2.75, 3.05) is 6.61 Å². The molecule has 0 saturated carbocycles. The second-order valence-electron chi connectivity index (χ2n) is 7.69. The Morgan fingerprint density at radius 2 is 1.33 bits per heavy atom. The molecular weight excluding hydrogens is 418 g/mol. The van der Waals surface area contributed by atoms with E-state index >= 15 is 0 Å². The zero-order chi connectivity index (χ0) is 23.7. The van der Waals surface area contributed by atoms with E-state index in [1.807, 2.05) is 81.4 Å². The van der Waals surface area contributed by atoms with Gasteiger partial charge in [0.2, 0.25) is 6.10 Å². The Kier molecular flexibility index (Phi) is 8.49. The van der Waals surface area contributed by atoms with Gasteiger partial charge in [-0.3, -0.25) is 0 Å². The van der Waals surface area contributed by atoms with E-state index in [4.69, 9.17) is 9.47 Å². The molecule has 0 aliphatic carbocycles. The fourth-order valence-corrected chi connectivity index (χ4v) is 3.89. The van der Waals surface area contributed by atoms with Gasteiger partial charge in [0, 0.05) is 19.4 Å². The van der Waals surface area contributed by atoms with Crippen LogP contribution in [0, 0.1) is 0 Å². The molecule has 33 heavy (non-hydrogen) atoms. The number of hydrogen-bond donors (Lipinski definition) is 1. The number of nitrogens with zero attached hydrogens (tertiary/aromatic N) is 3. The molecule has 0 spiro atoms. The van der Waals surface area contributed by atoms with Crippen LogP contribution in [0.25, 0.3) is 0 Å². The van der Waals surface area contributed by atoms with Gasteiger partial charge in [0.1, 0.15) is 11.6 Å². The number of aromatic nitrogens is 3. The van der Waals surface area contributed by atoms with Crippen LogP contribution >= 0.6 is 0 Å². The molecule has 1 N–H and O–H groups in total. The van der Waals surface area contributed by atoms with E-state index < -0.39 is 17.7 Å². The number of benzene rings is 2. The second kappa shape index (κ2) is 11.5. The van der Waals surface area contributed by atoms with Crippen LogP contribution in [-0.2, 0) is 28.0 Å². The first-order valence-electron chi connectivity index (χ1n) is 11.4. The predicted octanol–water partition coefficient (Wildman–Crippen LogP) is 4.59. The van der Waals surface area contributed by atoms with Crippen LogP contribution in [-0.4, -0.2) is 38.7 Å². The highest BCUT2D eigenvalue weighted by Crippen LogP contribution is 2.39. The highest BCUT2D eigenvalue weighted by atomic mass is 16.6. The molecule has 0 bridgehead atoms. The third-order valence-corrected chi connectivity index (χ3v) is 5.25. The Labute approximate surface area is 194 Å². The number of hydrogen-bond acceptors (Lipinski definition) is 6. The third-order valence-electron chi connectivity index (χ3n) is 5.25. The quantitative estimate of drug-likeness (QED) is 0.432. The van der Waals surface area contributed by atoms with Gasteiger partial charge in [-0.15, -0.1) is 0 Å². The molecule has 0 fully saturated rings. The molecule has 7 heteroatoms. The third kappa shape index (κ3) is 5.54. The van der Waals surface area contributed by atoms with E-state index in [0.29, 0.717) is 35.6 Å². The zero-order valence-electron chi connectivity index (χ0n) is 19.4. The molecule has 1 unspecified atom stereocenters. The van der Waals surface area contributed by atoms with Crippen molar-refractivity contribution < 1.29 is 19.4 Å². The molecule has 1 aromatic heterocycles. The summed E-state index contributed by atoms with van der Waals surface area (Å²) in [4.78, 5) is 26.1. The minimum absolute atomic E-state index is 0.000223. The van der Waals surface area contributed by atoms with Crippen molar-refractivity contribution in [3.05, 3.63) is 83.4 Å². The first-order chi connectivity index (χ1) is 16.0. The lowest BCUT2D eigenvalue weighted by atomic mass is 9.81. The lowest BCUT2D eigenvalue weighted by Crippen LogP contribution is -2.51. The van der Waals surface area contributed by atoms with Crippen molar-refractivity contribution in [3.8, 4) is 6.01 Å². The summed E-state index contributed by atoms with van der Waals surface area (Å²) < 4.78 is 12.4. The molecule has 174 valence electrons. The summed E-state index contributed by atoms with van der Waals surface area (Å²) in [5.41, 5.74) is -0.0740. The molecule has 0 aliphatic rings. The molecule has 7 nitrogen and oxygen atoms in total. The molecule has 1 heterocycles. The van der Waals surface area contributed by atoms with E-state index in [1.165, 1.54) is 0 Å². The number of aliphatic carboxylic acids is 1. The first kappa shape index (κ1) is 24.3. The zero-order valence-corrected chi connectivity index (χ0v) is 19.4. The standard InChI is InChI=1S/C26H31N3O4/c1-4-13-21-27-22(14-5-2)29-25(28-21)33-23(24(30)31)26(32-6-3,19-15-9-7-10-16-19)20-17-11-8-12-18-20/h7-12,15-18,23H,4-6,13-14H2,1-3H3,(H,30,31). The van der Waals surface area contributed by atoms with Gasteiger partial charge >= 0.3 is 12.0 Å². The van der Waals surface area contributed by atoms with Crippen LogP contribution in [0.5, 0.6) is 6.01 Å². The fourth-order valence-electron chi connectivity index (χ4n) is 3.89. The van der Waals surface area contributed by atoms with Gasteiger partial charge in [0.25, 0.3) is 0 Å². The largest absolute Gasteiger partial charge is 0.478 e. The molecule has 0 radical (unpaired) electrons. The van der Waals surface area contributed by atoms with Crippen molar-refractivity contribution in [2.24, 2.45) is 0 Å². The molecule has 0 saturated heterocycles. The van der Waals surface area contributed by atoms with Crippen LogP contribution in [0.3, 0.4) is 0 Å². The van der Waals surface area contributed by atoms with Crippen molar-refractivity contribution in [3.63, 3.8) is 0 Å². The number of rotatable bonds is 12. The SMILES string of the molecule is CCCc1nc(CCC)nc(OC(C(=O)O)C(OCC)(c2ccccc2)c2ccccc2)n1. The summed E-state index contributed by atoms with van der Waals surface area (Å²) in [5.74, 6) is 0.0127. The van der Waals surface area contributed by atoms with E-state index in [1.54, 1.807) is 0 Å². The number of ether oxygens (including phenoxy) is 2. The van der Waals surface area contributed by atoms with E-state index in [-0.39, 0.29) is 12.6 Å². The van der Waals surface area contributed by atoms with E-state index in [0.717, 1.165) is 12.8 Å². The van der Waals surface area contributed by atoms with Gasteiger partial charge in [-0.25, -0.2) is 9.78 Å². The maximum absolute atomic E-state index is 12.7. The van der Waals surface area contributed by atoms with Crippen LogP contribution < -0.4 is 4.74 Å².